The molecule has 1 atom stereocenters. The minimum Gasteiger partial charge on any atom is -0.316 e. The zero-order valence-electron chi connectivity index (χ0n) is 12.5. The standard InChI is InChI=1S/C15H23ClN2O2S/c1-11(2)13-5-6-14(16)15(8-13)21(19,20)18-10-12-4-3-7-17-9-12/h5-6,8,11-12,17-18H,3-4,7,9-10H2,1-2H3. The summed E-state index contributed by atoms with van der Waals surface area (Å²) >= 11 is 6.08. The van der Waals surface area contributed by atoms with Crippen molar-refractivity contribution in [2.75, 3.05) is 19.6 Å². The summed E-state index contributed by atoms with van der Waals surface area (Å²) in [5.74, 6) is 0.611. The first kappa shape index (κ1) is 16.7. The molecule has 0 bridgehead atoms. The molecule has 21 heavy (non-hydrogen) atoms. The maximum atomic E-state index is 12.5. The van der Waals surface area contributed by atoms with Crippen molar-refractivity contribution in [3.8, 4) is 0 Å². The minimum atomic E-state index is -3.56. The monoisotopic (exact) mass is 330 g/mol. The van der Waals surface area contributed by atoms with E-state index in [1.165, 1.54) is 0 Å². The molecule has 1 unspecified atom stereocenters. The number of hydrogen-bond donors (Lipinski definition) is 2. The van der Waals surface area contributed by atoms with Crippen LogP contribution in [0.5, 0.6) is 0 Å². The predicted octanol–water partition coefficient (Wildman–Crippen LogP) is 2.74. The van der Waals surface area contributed by atoms with E-state index in [1.54, 1.807) is 12.1 Å². The molecule has 0 spiro atoms. The zero-order valence-corrected chi connectivity index (χ0v) is 14.1. The second kappa shape index (κ2) is 7.09. The van der Waals surface area contributed by atoms with E-state index in [-0.39, 0.29) is 15.8 Å². The van der Waals surface area contributed by atoms with Gasteiger partial charge < -0.3 is 5.32 Å². The summed E-state index contributed by atoms with van der Waals surface area (Å²) in [5.41, 5.74) is 0.971. The molecule has 0 radical (unpaired) electrons. The smallest absolute Gasteiger partial charge is 0.242 e. The van der Waals surface area contributed by atoms with Gasteiger partial charge >= 0.3 is 0 Å². The van der Waals surface area contributed by atoms with Crippen LogP contribution in [0.4, 0.5) is 0 Å². The van der Waals surface area contributed by atoms with E-state index in [9.17, 15) is 8.42 Å². The second-order valence-corrected chi connectivity index (χ2v) is 8.05. The van der Waals surface area contributed by atoms with Crippen LogP contribution < -0.4 is 10.0 Å². The van der Waals surface area contributed by atoms with E-state index >= 15 is 0 Å². The molecule has 0 saturated carbocycles. The van der Waals surface area contributed by atoms with Gasteiger partial charge in [-0.25, -0.2) is 13.1 Å². The first-order valence-electron chi connectivity index (χ1n) is 7.40. The highest BCUT2D eigenvalue weighted by molar-refractivity contribution is 7.89. The molecule has 2 rings (SSSR count). The van der Waals surface area contributed by atoms with Gasteiger partial charge in [-0.15, -0.1) is 0 Å². The molecule has 1 aliphatic rings. The minimum absolute atomic E-state index is 0.180. The number of halogens is 1. The Labute approximate surface area is 132 Å². The molecule has 1 aliphatic heterocycles. The van der Waals surface area contributed by atoms with E-state index in [4.69, 9.17) is 11.6 Å². The van der Waals surface area contributed by atoms with Crippen LogP contribution in [0.2, 0.25) is 5.02 Å². The quantitative estimate of drug-likeness (QED) is 0.872. The number of piperidine rings is 1. The first-order chi connectivity index (χ1) is 9.90. The zero-order chi connectivity index (χ0) is 15.5. The molecule has 4 nitrogen and oxygen atoms in total. The summed E-state index contributed by atoms with van der Waals surface area (Å²) in [6.07, 6.45) is 2.14. The van der Waals surface area contributed by atoms with Crippen molar-refractivity contribution in [3.05, 3.63) is 28.8 Å². The lowest BCUT2D eigenvalue weighted by Crippen LogP contribution is -2.38. The molecule has 0 aromatic heterocycles. The Hall–Kier alpha value is -0.620. The normalized spacial score (nSPS) is 19.9. The van der Waals surface area contributed by atoms with Crippen molar-refractivity contribution in [1.82, 2.24) is 10.0 Å². The number of benzene rings is 1. The lowest BCUT2D eigenvalue weighted by atomic mass is 10.0. The molecule has 0 amide bonds. The van der Waals surface area contributed by atoms with Crippen LogP contribution in [0.1, 0.15) is 38.2 Å². The summed E-state index contributed by atoms with van der Waals surface area (Å²) in [5, 5.41) is 3.56. The molecule has 1 aromatic carbocycles. The van der Waals surface area contributed by atoms with Crippen molar-refractivity contribution in [3.63, 3.8) is 0 Å². The van der Waals surface area contributed by atoms with Crippen LogP contribution in [0.15, 0.2) is 23.1 Å². The fourth-order valence-corrected chi connectivity index (χ4v) is 4.14. The molecular weight excluding hydrogens is 308 g/mol. The van der Waals surface area contributed by atoms with Crippen LogP contribution >= 0.6 is 11.6 Å². The third kappa shape index (κ3) is 4.42. The van der Waals surface area contributed by atoms with Crippen molar-refractivity contribution in [2.24, 2.45) is 5.92 Å². The van der Waals surface area contributed by atoms with Gasteiger partial charge in [-0.1, -0.05) is 31.5 Å². The summed E-state index contributed by atoms with van der Waals surface area (Å²) in [7, 11) is -3.56. The average molecular weight is 331 g/mol. The van der Waals surface area contributed by atoms with E-state index in [2.05, 4.69) is 10.0 Å². The Morgan fingerprint density at radius 1 is 1.43 bits per heavy atom. The van der Waals surface area contributed by atoms with Gasteiger partial charge in [0.05, 0.1) is 5.02 Å². The summed E-state index contributed by atoms with van der Waals surface area (Å²) in [4.78, 5) is 0.180. The van der Waals surface area contributed by atoms with E-state index < -0.39 is 10.0 Å². The SMILES string of the molecule is CC(C)c1ccc(Cl)c(S(=O)(=O)NCC2CCCNC2)c1. The van der Waals surface area contributed by atoms with Gasteiger partial charge in [0.2, 0.25) is 10.0 Å². The van der Waals surface area contributed by atoms with Gasteiger partial charge in [0.25, 0.3) is 0 Å². The molecule has 1 heterocycles. The molecule has 1 fully saturated rings. The van der Waals surface area contributed by atoms with E-state index in [0.29, 0.717) is 12.5 Å². The van der Waals surface area contributed by atoms with Crippen molar-refractivity contribution >= 4 is 21.6 Å². The predicted molar refractivity (Wildman–Crippen MR) is 86.3 cm³/mol. The number of sulfonamides is 1. The van der Waals surface area contributed by atoms with Crippen LogP contribution in [-0.2, 0) is 10.0 Å². The summed E-state index contributed by atoms with van der Waals surface area (Å²) in [6.45, 7) is 6.40. The van der Waals surface area contributed by atoms with Crippen molar-refractivity contribution in [1.29, 1.82) is 0 Å². The molecule has 6 heteroatoms. The van der Waals surface area contributed by atoms with Crippen LogP contribution in [-0.4, -0.2) is 28.1 Å². The van der Waals surface area contributed by atoms with Gasteiger partial charge in [-0.2, -0.15) is 0 Å². The van der Waals surface area contributed by atoms with Crippen LogP contribution in [0, 0.1) is 5.92 Å². The summed E-state index contributed by atoms with van der Waals surface area (Å²) < 4.78 is 27.6. The topological polar surface area (TPSA) is 58.2 Å². The Morgan fingerprint density at radius 3 is 2.81 bits per heavy atom. The van der Waals surface area contributed by atoms with Gasteiger partial charge in [-0.3, -0.25) is 0 Å². The maximum Gasteiger partial charge on any atom is 0.242 e. The lowest BCUT2D eigenvalue weighted by Gasteiger charge is -2.23. The lowest BCUT2D eigenvalue weighted by molar-refractivity contribution is 0.376. The third-order valence-corrected chi connectivity index (χ3v) is 5.78. The van der Waals surface area contributed by atoms with Gasteiger partial charge in [0, 0.05) is 6.54 Å². The number of hydrogen-bond acceptors (Lipinski definition) is 3. The van der Waals surface area contributed by atoms with Crippen LogP contribution in [0.3, 0.4) is 0 Å². The largest absolute Gasteiger partial charge is 0.316 e. The molecule has 1 aromatic rings. The Bertz CT molecular complexity index is 581. The number of nitrogens with one attached hydrogen (secondary N) is 2. The Kier molecular flexibility index (Phi) is 5.66. The second-order valence-electron chi connectivity index (χ2n) is 5.91. The van der Waals surface area contributed by atoms with E-state index in [1.807, 2.05) is 19.9 Å². The Balaban J connectivity index is 2.12. The fraction of sp³-hybridized carbons (Fsp3) is 0.600. The maximum absolute atomic E-state index is 12.5. The highest BCUT2D eigenvalue weighted by atomic mass is 35.5. The first-order valence-corrected chi connectivity index (χ1v) is 9.26. The Morgan fingerprint density at radius 2 is 2.19 bits per heavy atom. The molecular formula is C15H23ClN2O2S. The van der Waals surface area contributed by atoms with Crippen molar-refractivity contribution < 1.29 is 8.42 Å². The molecule has 0 aliphatic carbocycles. The average Bonchev–Trinajstić information content (AvgIpc) is 2.46. The van der Waals surface area contributed by atoms with Gasteiger partial charge in [0.15, 0.2) is 0 Å². The fourth-order valence-electron chi connectivity index (χ4n) is 2.49. The number of rotatable bonds is 5. The third-order valence-electron chi connectivity index (χ3n) is 3.87. The summed E-state index contributed by atoms with van der Waals surface area (Å²) in [6, 6.07) is 5.21. The molecule has 118 valence electrons. The highest BCUT2D eigenvalue weighted by Gasteiger charge is 2.21. The van der Waals surface area contributed by atoms with E-state index in [0.717, 1.165) is 31.5 Å². The molecule has 2 N–H and O–H groups in total. The van der Waals surface area contributed by atoms with Gasteiger partial charge in [-0.05, 0) is 55.5 Å². The van der Waals surface area contributed by atoms with Crippen molar-refractivity contribution in [2.45, 2.75) is 37.5 Å². The highest BCUT2D eigenvalue weighted by Crippen LogP contribution is 2.26. The molecule has 1 saturated heterocycles. The van der Waals surface area contributed by atoms with Gasteiger partial charge in [0.1, 0.15) is 4.90 Å². The van der Waals surface area contributed by atoms with Crippen LogP contribution in [0.25, 0.3) is 0 Å².